The minimum Gasteiger partial charge on any atom is -0.496 e. The molecule has 1 aliphatic heterocycles. The van der Waals surface area contributed by atoms with Crippen LogP contribution in [0.2, 0.25) is 0 Å². The van der Waals surface area contributed by atoms with Gasteiger partial charge in [-0.15, -0.1) is 0 Å². The van der Waals surface area contributed by atoms with Gasteiger partial charge in [-0.2, -0.15) is 0 Å². The van der Waals surface area contributed by atoms with Gasteiger partial charge in [-0.05, 0) is 55.8 Å². The van der Waals surface area contributed by atoms with E-state index < -0.39 is 0 Å². The molecule has 31 heavy (non-hydrogen) atoms. The molecule has 7 nitrogen and oxygen atoms in total. The maximum absolute atomic E-state index is 13.1. The van der Waals surface area contributed by atoms with Crippen LogP contribution in [0.15, 0.2) is 27.8 Å². The highest BCUT2D eigenvalue weighted by atomic mass is 32.1. The fourth-order valence-corrected chi connectivity index (χ4v) is 6.48. The maximum Gasteiger partial charge on any atom is 0.328 e. The molecule has 2 N–H and O–H groups in total. The first-order chi connectivity index (χ1) is 15.0. The normalized spacial score (nSPS) is 22.4. The highest BCUT2D eigenvalue weighted by Crippen LogP contribution is 2.45. The Morgan fingerprint density at radius 1 is 1.23 bits per heavy atom. The van der Waals surface area contributed by atoms with Gasteiger partial charge < -0.3 is 19.8 Å². The van der Waals surface area contributed by atoms with Gasteiger partial charge in [-0.1, -0.05) is 23.5 Å². The van der Waals surface area contributed by atoms with Crippen LogP contribution in [0.5, 0.6) is 10.8 Å². The highest BCUT2D eigenvalue weighted by molar-refractivity contribution is 7.20. The lowest BCUT2D eigenvalue weighted by molar-refractivity contribution is 0.371. The van der Waals surface area contributed by atoms with Crippen LogP contribution in [0.3, 0.4) is 0 Å². The van der Waals surface area contributed by atoms with Crippen LogP contribution in [0, 0.1) is 12.8 Å². The minimum atomic E-state index is -0.360. The Morgan fingerprint density at radius 2 is 2.06 bits per heavy atom. The summed E-state index contributed by atoms with van der Waals surface area (Å²) in [7, 11) is 3.30. The summed E-state index contributed by atoms with van der Waals surface area (Å²) in [6.07, 6.45) is 2.88. The lowest BCUT2D eigenvalue weighted by Crippen LogP contribution is -2.37. The minimum absolute atomic E-state index is 0.220. The number of benzene rings is 1. The van der Waals surface area contributed by atoms with Crippen molar-refractivity contribution in [1.29, 1.82) is 0 Å². The van der Waals surface area contributed by atoms with E-state index in [2.05, 4.69) is 22.4 Å². The van der Waals surface area contributed by atoms with Crippen LogP contribution in [0.1, 0.15) is 35.4 Å². The van der Waals surface area contributed by atoms with Crippen LogP contribution < -0.4 is 26.0 Å². The third-order valence-corrected chi connectivity index (χ3v) is 8.21. The van der Waals surface area contributed by atoms with Crippen molar-refractivity contribution in [2.75, 3.05) is 20.8 Å². The molecule has 0 saturated carbocycles. The van der Waals surface area contributed by atoms with Crippen molar-refractivity contribution in [2.24, 2.45) is 5.92 Å². The molecule has 3 heterocycles. The molecule has 1 unspecified atom stereocenters. The van der Waals surface area contributed by atoms with Gasteiger partial charge >= 0.3 is 5.69 Å². The van der Waals surface area contributed by atoms with E-state index in [1.54, 1.807) is 14.2 Å². The van der Waals surface area contributed by atoms with Gasteiger partial charge in [0.2, 0.25) is 0 Å². The topological polar surface area (TPSA) is 85.3 Å². The second-order valence-electron chi connectivity index (χ2n) is 8.47. The van der Waals surface area contributed by atoms with E-state index in [1.165, 1.54) is 27.0 Å². The molecule has 0 bridgehead atoms. The molecule has 5 rings (SSSR count). The zero-order chi connectivity index (χ0) is 21.7. The molecule has 164 valence electrons. The van der Waals surface area contributed by atoms with E-state index in [1.807, 2.05) is 13.0 Å². The van der Waals surface area contributed by atoms with Crippen LogP contribution >= 0.6 is 11.3 Å². The average Bonchev–Trinajstić information content (AvgIpc) is 3.34. The summed E-state index contributed by atoms with van der Waals surface area (Å²) in [4.78, 5) is 28.7. The maximum atomic E-state index is 13.1. The predicted octanol–water partition coefficient (Wildman–Crippen LogP) is 2.79. The number of hydrogen-bond acceptors (Lipinski definition) is 6. The summed E-state index contributed by atoms with van der Waals surface area (Å²) in [6.45, 7) is 3.20. The van der Waals surface area contributed by atoms with E-state index in [-0.39, 0.29) is 17.3 Å². The summed E-state index contributed by atoms with van der Waals surface area (Å²) in [5.74, 6) is 1.91. The molecule has 2 aliphatic rings. The van der Waals surface area contributed by atoms with Crippen LogP contribution in [-0.2, 0) is 13.0 Å². The SMILES string of the molecule is COc1cccc2c1CC[C@H]1CNC(CCn3c(=O)[nH]c4c(C)c(OC)sc4c3=O)[C@@H]21. The zero-order valence-electron chi connectivity index (χ0n) is 18.0. The Balaban J connectivity index is 1.45. The molecule has 2 aromatic heterocycles. The van der Waals surface area contributed by atoms with Crippen LogP contribution in [-0.4, -0.2) is 36.4 Å². The van der Waals surface area contributed by atoms with E-state index in [4.69, 9.17) is 9.47 Å². The first kappa shape index (κ1) is 20.3. The summed E-state index contributed by atoms with van der Waals surface area (Å²) < 4.78 is 12.8. The van der Waals surface area contributed by atoms with Gasteiger partial charge in [0.25, 0.3) is 5.56 Å². The smallest absolute Gasteiger partial charge is 0.328 e. The predicted molar refractivity (Wildman–Crippen MR) is 122 cm³/mol. The van der Waals surface area contributed by atoms with Crippen molar-refractivity contribution >= 4 is 21.6 Å². The Bertz CT molecular complexity index is 1260. The number of aromatic nitrogens is 2. The molecule has 0 spiro atoms. The Labute approximate surface area is 184 Å². The number of nitrogens with one attached hydrogen (secondary N) is 2. The Hall–Kier alpha value is -2.58. The number of ether oxygens (including phenoxy) is 2. The van der Waals surface area contributed by atoms with E-state index in [0.29, 0.717) is 40.1 Å². The number of H-pyrrole nitrogens is 1. The first-order valence-corrected chi connectivity index (χ1v) is 11.5. The van der Waals surface area contributed by atoms with Gasteiger partial charge in [0.05, 0.1) is 19.7 Å². The standard InChI is InChI=1S/C23H27N3O4S/c1-12-19-20(31-22(12)30-3)21(27)26(23(28)25-19)10-9-16-18-13(11-24-16)7-8-14-15(18)5-4-6-17(14)29-2/h4-6,13,16,18,24H,7-11H2,1-3H3,(H,25,28)/t13-,16?,18+/m0/s1. The molecule has 3 aromatic rings. The largest absolute Gasteiger partial charge is 0.496 e. The number of hydrogen-bond donors (Lipinski definition) is 2. The molecule has 1 fully saturated rings. The molecule has 0 radical (unpaired) electrons. The average molecular weight is 442 g/mol. The first-order valence-electron chi connectivity index (χ1n) is 10.7. The summed E-state index contributed by atoms with van der Waals surface area (Å²) in [5.41, 5.74) is 3.44. The van der Waals surface area contributed by atoms with Gasteiger partial charge in [0, 0.05) is 24.1 Å². The number of rotatable bonds is 5. The van der Waals surface area contributed by atoms with Crippen LogP contribution in [0.25, 0.3) is 10.2 Å². The number of nitrogens with zero attached hydrogens (tertiary/aromatic N) is 1. The van der Waals surface area contributed by atoms with Crippen molar-refractivity contribution in [2.45, 2.75) is 44.7 Å². The summed E-state index contributed by atoms with van der Waals surface area (Å²) in [6, 6.07) is 6.52. The molecule has 1 saturated heterocycles. The summed E-state index contributed by atoms with van der Waals surface area (Å²) in [5, 5.41) is 4.32. The van der Waals surface area contributed by atoms with E-state index in [9.17, 15) is 9.59 Å². The van der Waals surface area contributed by atoms with Crippen molar-refractivity contribution in [3.05, 3.63) is 55.7 Å². The van der Waals surface area contributed by atoms with Gasteiger partial charge in [0.15, 0.2) is 5.06 Å². The Morgan fingerprint density at radius 3 is 2.84 bits per heavy atom. The number of thiophene rings is 1. The summed E-state index contributed by atoms with van der Waals surface area (Å²) >= 11 is 1.29. The fraction of sp³-hybridized carbons (Fsp3) is 0.478. The van der Waals surface area contributed by atoms with Gasteiger partial charge in [-0.3, -0.25) is 9.36 Å². The van der Waals surface area contributed by atoms with Gasteiger partial charge in [0.1, 0.15) is 10.4 Å². The number of methoxy groups -OCH3 is 2. The van der Waals surface area contributed by atoms with Crippen molar-refractivity contribution in [3.8, 4) is 10.8 Å². The van der Waals surface area contributed by atoms with E-state index >= 15 is 0 Å². The quantitative estimate of drug-likeness (QED) is 0.636. The number of aryl methyl sites for hydroxylation is 1. The van der Waals surface area contributed by atoms with Crippen molar-refractivity contribution < 1.29 is 9.47 Å². The van der Waals surface area contributed by atoms with Gasteiger partial charge in [-0.25, -0.2) is 4.79 Å². The lowest BCUT2D eigenvalue weighted by atomic mass is 9.73. The third-order valence-electron chi connectivity index (χ3n) is 6.97. The van der Waals surface area contributed by atoms with E-state index in [0.717, 1.165) is 30.7 Å². The molecule has 1 aliphatic carbocycles. The Kier molecular flexibility index (Phi) is 5.14. The highest BCUT2D eigenvalue weighted by Gasteiger charge is 2.40. The second-order valence-corrected chi connectivity index (χ2v) is 9.45. The van der Waals surface area contributed by atoms with Crippen LogP contribution in [0.4, 0.5) is 0 Å². The molecule has 0 amide bonds. The third kappa shape index (κ3) is 3.20. The van der Waals surface area contributed by atoms with Crippen molar-refractivity contribution in [3.63, 3.8) is 0 Å². The zero-order valence-corrected chi connectivity index (χ0v) is 18.8. The number of fused-ring (bicyclic) bond motifs is 4. The fourth-order valence-electron chi connectivity index (χ4n) is 5.45. The molecule has 1 aromatic carbocycles. The molecule has 8 heteroatoms. The monoisotopic (exact) mass is 441 g/mol. The lowest BCUT2D eigenvalue weighted by Gasteiger charge is -2.32. The second kappa shape index (κ2) is 7.84. The molecular formula is C23H27N3O4S. The van der Waals surface area contributed by atoms with Crippen molar-refractivity contribution in [1.82, 2.24) is 14.9 Å². The number of aromatic amines is 1. The molecule has 3 atom stereocenters. The molecular weight excluding hydrogens is 414 g/mol.